The quantitative estimate of drug-likeness (QED) is 0.362. The standard InChI is InChI=1S/C14H21N3O3/c1-11-10-19-8-6-17(11)7-9-20-13-4-2-12(3-5-13)14(15)16-18/h2-5,11,18H,6-10H2,1H3,(H2,15,16). The second-order valence-corrected chi connectivity index (χ2v) is 4.82. The SMILES string of the molecule is CC1COCCN1CCOc1ccc(C(N)=NO)cc1. The molecule has 1 fully saturated rings. The Morgan fingerprint density at radius 1 is 1.50 bits per heavy atom. The molecule has 1 aromatic rings. The molecule has 0 spiro atoms. The van der Waals surface area contributed by atoms with Crippen LogP contribution in [0.2, 0.25) is 0 Å². The Kier molecular flexibility index (Phi) is 5.20. The zero-order valence-electron chi connectivity index (χ0n) is 11.7. The maximum atomic E-state index is 8.58. The van der Waals surface area contributed by atoms with Crippen molar-refractivity contribution in [2.45, 2.75) is 13.0 Å². The van der Waals surface area contributed by atoms with Crippen LogP contribution in [0, 0.1) is 0 Å². The van der Waals surface area contributed by atoms with Gasteiger partial charge in [0, 0.05) is 24.7 Å². The Bertz CT molecular complexity index is 447. The highest BCUT2D eigenvalue weighted by Crippen LogP contribution is 2.12. The summed E-state index contributed by atoms with van der Waals surface area (Å²) in [6.45, 7) is 6.20. The van der Waals surface area contributed by atoms with Gasteiger partial charge in [0.1, 0.15) is 12.4 Å². The van der Waals surface area contributed by atoms with Gasteiger partial charge in [-0.2, -0.15) is 0 Å². The van der Waals surface area contributed by atoms with Crippen molar-refractivity contribution in [2.24, 2.45) is 10.9 Å². The van der Waals surface area contributed by atoms with Crippen LogP contribution in [-0.2, 0) is 4.74 Å². The predicted molar refractivity (Wildman–Crippen MR) is 76.3 cm³/mol. The molecule has 6 nitrogen and oxygen atoms in total. The Labute approximate surface area is 118 Å². The topological polar surface area (TPSA) is 80.3 Å². The lowest BCUT2D eigenvalue weighted by Gasteiger charge is -2.32. The first-order valence-electron chi connectivity index (χ1n) is 6.73. The van der Waals surface area contributed by atoms with Gasteiger partial charge in [-0.1, -0.05) is 5.16 Å². The third-order valence-electron chi connectivity index (χ3n) is 3.41. The fourth-order valence-electron chi connectivity index (χ4n) is 2.15. The van der Waals surface area contributed by atoms with Crippen molar-refractivity contribution >= 4 is 5.84 Å². The third-order valence-corrected chi connectivity index (χ3v) is 3.41. The maximum Gasteiger partial charge on any atom is 0.170 e. The molecule has 1 unspecified atom stereocenters. The molecule has 0 bridgehead atoms. The number of nitrogens with two attached hydrogens (primary N) is 1. The minimum absolute atomic E-state index is 0.0960. The van der Waals surface area contributed by atoms with E-state index in [1.54, 1.807) is 12.1 Å². The molecule has 1 aliphatic rings. The summed E-state index contributed by atoms with van der Waals surface area (Å²) in [7, 11) is 0. The van der Waals surface area contributed by atoms with Crippen LogP contribution in [0.5, 0.6) is 5.75 Å². The zero-order valence-corrected chi connectivity index (χ0v) is 11.7. The molecule has 1 aliphatic heterocycles. The van der Waals surface area contributed by atoms with Crippen LogP contribution in [0.3, 0.4) is 0 Å². The van der Waals surface area contributed by atoms with E-state index in [-0.39, 0.29) is 5.84 Å². The molecule has 1 atom stereocenters. The Morgan fingerprint density at radius 3 is 2.90 bits per heavy atom. The lowest BCUT2D eigenvalue weighted by Crippen LogP contribution is -2.45. The van der Waals surface area contributed by atoms with Gasteiger partial charge >= 0.3 is 0 Å². The van der Waals surface area contributed by atoms with E-state index in [1.807, 2.05) is 12.1 Å². The molecule has 110 valence electrons. The molecule has 0 aliphatic carbocycles. The van der Waals surface area contributed by atoms with Crippen molar-refractivity contribution in [2.75, 3.05) is 32.9 Å². The van der Waals surface area contributed by atoms with E-state index in [2.05, 4.69) is 17.0 Å². The molecule has 0 saturated carbocycles. The summed E-state index contributed by atoms with van der Waals surface area (Å²) in [4.78, 5) is 2.36. The van der Waals surface area contributed by atoms with E-state index in [4.69, 9.17) is 20.4 Å². The number of amidine groups is 1. The van der Waals surface area contributed by atoms with Crippen molar-refractivity contribution in [3.05, 3.63) is 29.8 Å². The molecular formula is C14H21N3O3. The van der Waals surface area contributed by atoms with Gasteiger partial charge in [-0.3, -0.25) is 4.90 Å². The molecule has 1 aromatic carbocycles. The summed E-state index contributed by atoms with van der Waals surface area (Å²) < 4.78 is 11.1. The van der Waals surface area contributed by atoms with Gasteiger partial charge in [0.2, 0.25) is 0 Å². The zero-order chi connectivity index (χ0) is 14.4. The van der Waals surface area contributed by atoms with Crippen molar-refractivity contribution in [3.63, 3.8) is 0 Å². The van der Waals surface area contributed by atoms with Crippen LogP contribution in [0.15, 0.2) is 29.4 Å². The molecule has 0 amide bonds. The number of morpholine rings is 1. The Morgan fingerprint density at radius 2 is 2.25 bits per heavy atom. The first kappa shape index (κ1) is 14.6. The van der Waals surface area contributed by atoms with Crippen LogP contribution in [0.4, 0.5) is 0 Å². The van der Waals surface area contributed by atoms with Crippen LogP contribution >= 0.6 is 0 Å². The molecule has 1 heterocycles. The summed E-state index contributed by atoms with van der Waals surface area (Å²) in [6, 6.07) is 7.60. The number of hydrogen-bond donors (Lipinski definition) is 2. The molecule has 1 saturated heterocycles. The van der Waals surface area contributed by atoms with Crippen molar-refractivity contribution in [1.29, 1.82) is 0 Å². The summed E-state index contributed by atoms with van der Waals surface area (Å²) in [5.41, 5.74) is 6.17. The van der Waals surface area contributed by atoms with Gasteiger partial charge in [-0.05, 0) is 31.2 Å². The van der Waals surface area contributed by atoms with Crippen LogP contribution in [0.25, 0.3) is 0 Å². The van der Waals surface area contributed by atoms with E-state index >= 15 is 0 Å². The first-order valence-corrected chi connectivity index (χ1v) is 6.73. The number of ether oxygens (including phenoxy) is 2. The number of nitrogens with zero attached hydrogens (tertiary/aromatic N) is 2. The fourth-order valence-corrected chi connectivity index (χ4v) is 2.15. The smallest absolute Gasteiger partial charge is 0.170 e. The summed E-state index contributed by atoms with van der Waals surface area (Å²) in [5.74, 6) is 0.874. The molecule has 3 N–H and O–H groups in total. The summed E-state index contributed by atoms with van der Waals surface area (Å²) in [5, 5.41) is 11.5. The fraction of sp³-hybridized carbons (Fsp3) is 0.500. The number of rotatable bonds is 5. The van der Waals surface area contributed by atoms with Crippen LogP contribution in [-0.4, -0.2) is 54.9 Å². The van der Waals surface area contributed by atoms with Crippen LogP contribution in [0.1, 0.15) is 12.5 Å². The molecule has 0 radical (unpaired) electrons. The molecule has 20 heavy (non-hydrogen) atoms. The molecule has 0 aromatic heterocycles. The highest BCUT2D eigenvalue weighted by Gasteiger charge is 2.17. The van der Waals surface area contributed by atoms with E-state index in [0.29, 0.717) is 18.2 Å². The maximum absolute atomic E-state index is 8.58. The molecule has 2 rings (SSSR count). The number of benzene rings is 1. The van der Waals surface area contributed by atoms with Gasteiger partial charge in [0.15, 0.2) is 5.84 Å². The summed E-state index contributed by atoms with van der Waals surface area (Å²) >= 11 is 0. The first-order chi connectivity index (χ1) is 9.70. The van der Waals surface area contributed by atoms with Gasteiger partial charge in [-0.15, -0.1) is 0 Å². The van der Waals surface area contributed by atoms with Crippen LogP contribution < -0.4 is 10.5 Å². The molecular weight excluding hydrogens is 258 g/mol. The van der Waals surface area contributed by atoms with Crippen molar-refractivity contribution < 1.29 is 14.7 Å². The highest BCUT2D eigenvalue weighted by atomic mass is 16.5. The average molecular weight is 279 g/mol. The van der Waals surface area contributed by atoms with Gasteiger partial charge in [-0.25, -0.2) is 0 Å². The largest absolute Gasteiger partial charge is 0.492 e. The Hall–Kier alpha value is -1.79. The van der Waals surface area contributed by atoms with Gasteiger partial charge < -0.3 is 20.4 Å². The van der Waals surface area contributed by atoms with Crippen molar-refractivity contribution in [1.82, 2.24) is 4.90 Å². The minimum atomic E-state index is 0.0960. The minimum Gasteiger partial charge on any atom is -0.492 e. The predicted octanol–water partition coefficient (Wildman–Crippen LogP) is 0.881. The third kappa shape index (κ3) is 3.85. The van der Waals surface area contributed by atoms with Gasteiger partial charge in [0.05, 0.1) is 13.2 Å². The number of oxime groups is 1. The lowest BCUT2D eigenvalue weighted by molar-refractivity contribution is -0.00514. The average Bonchev–Trinajstić information content (AvgIpc) is 2.49. The van der Waals surface area contributed by atoms with E-state index in [1.165, 1.54) is 0 Å². The summed E-state index contributed by atoms with van der Waals surface area (Å²) in [6.07, 6.45) is 0. The highest BCUT2D eigenvalue weighted by molar-refractivity contribution is 5.97. The second kappa shape index (κ2) is 7.12. The number of hydrogen-bond acceptors (Lipinski definition) is 5. The van der Waals surface area contributed by atoms with E-state index in [0.717, 1.165) is 32.1 Å². The normalized spacial score (nSPS) is 20.9. The molecule has 6 heteroatoms. The monoisotopic (exact) mass is 279 g/mol. The van der Waals surface area contributed by atoms with E-state index in [9.17, 15) is 0 Å². The van der Waals surface area contributed by atoms with Gasteiger partial charge in [0.25, 0.3) is 0 Å². The van der Waals surface area contributed by atoms with E-state index < -0.39 is 0 Å². The second-order valence-electron chi connectivity index (χ2n) is 4.82. The lowest BCUT2D eigenvalue weighted by atomic mass is 10.2. The Balaban J connectivity index is 1.79. The van der Waals surface area contributed by atoms with Crippen molar-refractivity contribution in [3.8, 4) is 5.75 Å².